The number of allylic oxidation sites excluding steroid dienone is 1. The first-order chi connectivity index (χ1) is 10.9. The average Bonchev–Trinajstić information content (AvgIpc) is 2.88. The van der Waals surface area contributed by atoms with Crippen molar-refractivity contribution in [2.45, 2.75) is 26.9 Å². The minimum atomic E-state index is -0.724. The van der Waals surface area contributed by atoms with Gasteiger partial charge in [0.25, 0.3) is 5.91 Å². The number of carbonyl (C=O) groups is 2. The van der Waals surface area contributed by atoms with E-state index in [0.717, 1.165) is 5.69 Å². The first kappa shape index (κ1) is 16.7. The molecule has 2 rings (SSSR count). The third-order valence-corrected chi connectivity index (χ3v) is 3.29. The number of nitrogens with one attached hydrogen (secondary N) is 1. The molecule has 0 bridgehead atoms. The summed E-state index contributed by atoms with van der Waals surface area (Å²) in [5, 5.41) is 2.65. The molecule has 1 heterocycles. The molecule has 122 valence electrons. The SMILES string of the molecule is CC(=O)OCC(C)(C)C1O/C(=C/C=Nc2ccccc2)NC1=O. The van der Waals surface area contributed by atoms with Crippen LogP contribution < -0.4 is 5.32 Å². The minimum absolute atomic E-state index is 0.103. The van der Waals surface area contributed by atoms with Gasteiger partial charge >= 0.3 is 5.97 Å². The number of aliphatic imine (C=N–C) groups is 1. The first-order valence-electron chi connectivity index (χ1n) is 7.29. The predicted molar refractivity (Wildman–Crippen MR) is 86.1 cm³/mol. The summed E-state index contributed by atoms with van der Waals surface area (Å²) in [5.74, 6) is -0.320. The van der Waals surface area contributed by atoms with Crippen LogP contribution in [0.4, 0.5) is 5.69 Å². The van der Waals surface area contributed by atoms with E-state index in [1.165, 1.54) is 6.92 Å². The fraction of sp³-hybridized carbons (Fsp3) is 0.353. The zero-order valence-corrected chi connectivity index (χ0v) is 13.4. The van der Waals surface area contributed by atoms with Crippen molar-refractivity contribution < 1.29 is 19.1 Å². The number of ether oxygens (including phenoxy) is 2. The molecule has 0 radical (unpaired) electrons. The molecule has 1 atom stereocenters. The van der Waals surface area contributed by atoms with Crippen LogP contribution in [-0.2, 0) is 19.1 Å². The van der Waals surface area contributed by atoms with Crippen LogP contribution >= 0.6 is 0 Å². The van der Waals surface area contributed by atoms with Gasteiger partial charge in [-0.3, -0.25) is 19.9 Å². The molecule has 23 heavy (non-hydrogen) atoms. The van der Waals surface area contributed by atoms with E-state index in [-0.39, 0.29) is 18.5 Å². The molecule has 1 saturated heterocycles. The first-order valence-corrected chi connectivity index (χ1v) is 7.29. The van der Waals surface area contributed by atoms with E-state index < -0.39 is 11.5 Å². The molecule has 6 nitrogen and oxygen atoms in total. The van der Waals surface area contributed by atoms with E-state index >= 15 is 0 Å². The molecule has 1 aliphatic rings. The quantitative estimate of drug-likeness (QED) is 0.668. The lowest BCUT2D eigenvalue weighted by molar-refractivity contribution is -0.148. The Labute approximate surface area is 135 Å². The molecule has 6 heteroatoms. The molecule has 1 N–H and O–H groups in total. The van der Waals surface area contributed by atoms with Crippen molar-refractivity contribution >= 4 is 23.8 Å². The summed E-state index contributed by atoms with van der Waals surface area (Å²) < 4.78 is 10.6. The van der Waals surface area contributed by atoms with Crippen molar-refractivity contribution in [1.29, 1.82) is 0 Å². The molecule has 1 aliphatic heterocycles. The van der Waals surface area contributed by atoms with Gasteiger partial charge in [0.1, 0.15) is 6.61 Å². The van der Waals surface area contributed by atoms with Crippen molar-refractivity contribution in [3.05, 3.63) is 42.3 Å². The molecule has 0 aliphatic carbocycles. The van der Waals surface area contributed by atoms with Gasteiger partial charge in [0.2, 0.25) is 0 Å². The van der Waals surface area contributed by atoms with Crippen LogP contribution in [0.5, 0.6) is 0 Å². The van der Waals surface area contributed by atoms with Gasteiger partial charge in [-0.15, -0.1) is 0 Å². The van der Waals surface area contributed by atoms with Crippen LogP contribution in [0.2, 0.25) is 0 Å². The van der Waals surface area contributed by atoms with Gasteiger partial charge < -0.3 is 9.47 Å². The van der Waals surface area contributed by atoms with E-state index in [1.54, 1.807) is 26.1 Å². The van der Waals surface area contributed by atoms with Gasteiger partial charge in [-0.1, -0.05) is 32.0 Å². The van der Waals surface area contributed by atoms with E-state index in [1.807, 2.05) is 30.3 Å². The van der Waals surface area contributed by atoms with Gasteiger partial charge in [0, 0.05) is 24.6 Å². The molecule has 1 unspecified atom stereocenters. The molecular formula is C17H20N2O4. The third-order valence-electron chi connectivity index (χ3n) is 3.29. The van der Waals surface area contributed by atoms with E-state index in [9.17, 15) is 9.59 Å². The Kier molecular flexibility index (Phi) is 5.16. The summed E-state index contributed by atoms with van der Waals surface area (Å²) in [7, 11) is 0. The summed E-state index contributed by atoms with van der Waals surface area (Å²) in [4.78, 5) is 27.2. The normalized spacial score (nSPS) is 19.7. The maximum absolute atomic E-state index is 12.0. The number of amides is 1. The second-order valence-corrected chi connectivity index (χ2v) is 5.90. The van der Waals surface area contributed by atoms with Crippen molar-refractivity contribution in [1.82, 2.24) is 5.32 Å². The predicted octanol–water partition coefficient (Wildman–Crippen LogP) is 2.33. The smallest absolute Gasteiger partial charge is 0.302 e. The fourth-order valence-electron chi connectivity index (χ4n) is 2.06. The molecule has 0 spiro atoms. The van der Waals surface area contributed by atoms with Gasteiger partial charge in [-0.05, 0) is 12.1 Å². The largest absolute Gasteiger partial charge is 0.465 e. The van der Waals surface area contributed by atoms with Crippen molar-refractivity contribution in [3.8, 4) is 0 Å². The number of hydrogen-bond acceptors (Lipinski definition) is 5. The molecule has 1 aromatic carbocycles. The lowest BCUT2D eigenvalue weighted by atomic mass is 9.87. The van der Waals surface area contributed by atoms with Crippen LogP contribution in [0.3, 0.4) is 0 Å². The second kappa shape index (κ2) is 7.09. The highest BCUT2D eigenvalue weighted by Crippen LogP contribution is 2.29. The third kappa shape index (κ3) is 4.67. The standard InChI is InChI=1S/C17H20N2O4/c1-12(20)22-11-17(2,3)15-16(21)19-14(23-15)9-10-18-13-7-5-4-6-8-13/h4-10,15H,11H2,1-3H3,(H,19,21)/b14-9+,18-10?. The number of benzene rings is 1. The number of nitrogens with zero attached hydrogens (tertiary/aromatic N) is 1. The molecule has 0 saturated carbocycles. The summed E-state index contributed by atoms with van der Waals surface area (Å²) in [6, 6.07) is 9.43. The van der Waals surface area contributed by atoms with Crippen LogP contribution in [0, 0.1) is 5.41 Å². The zero-order valence-electron chi connectivity index (χ0n) is 13.4. The lowest BCUT2D eigenvalue weighted by Crippen LogP contribution is -2.40. The van der Waals surface area contributed by atoms with Crippen molar-refractivity contribution in [2.24, 2.45) is 10.4 Å². The Morgan fingerprint density at radius 1 is 1.39 bits per heavy atom. The Bertz CT molecular complexity index is 635. The average molecular weight is 316 g/mol. The van der Waals surface area contributed by atoms with Crippen LogP contribution in [0.25, 0.3) is 0 Å². The van der Waals surface area contributed by atoms with E-state index in [2.05, 4.69) is 10.3 Å². The van der Waals surface area contributed by atoms with E-state index in [4.69, 9.17) is 9.47 Å². The van der Waals surface area contributed by atoms with Crippen LogP contribution in [0.1, 0.15) is 20.8 Å². The Morgan fingerprint density at radius 3 is 2.74 bits per heavy atom. The molecule has 1 amide bonds. The Morgan fingerprint density at radius 2 is 2.09 bits per heavy atom. The van der Waals surface area contributed by atoms with Crippen molar-refractivity contribution in [2.75, 3.05) is 6.61 Å². The van der Waals surface area contributed by atoms with Gasteiger partial charge in [-0.2, -0.15) is 0 Å². The summed E-state index contributed by atoms with van der Waals surface area (Å²) in [5.41, 5.74) is 0.169. The Hall–Kier alpha value is -2.63. The number of hydrogen-bond donors (Lipinski definition) is 1. The van der Waals surface area contributed by atoms with E-state index in [0.29, 0.717) is 5.88 Å². The maximum atomic E-state index is 12.0. The topological polar surface area (TPSA) is 77.0 Å². The molecular weight excluding hydrogens is 296 g/mol. The van der Waals surface area contributed by atoms with Crippen molar-refractivity contribution in [3.63, 3.8) is 0 Å². The fourth-order valence-corrected chi connectivity index (χ4v) is 2.06. The molecule has 1 aromatic rings. The van der Waals surface area contributed by atoms with Gasteiger partial charge in [0.05, 0.1) is 5.69 Å². The highest BCUT2D eigenvalue weighted by Gasteiger charge is 2.43. The number of esters is 1. The number of rotatable bonds is 5. The van der Waals surface area contributed by atoms with Gasteiger partial charge in [-0.25, -0.2) is 0 Å². The highest BCUT2D eigenvalue weighted by molar-refractivity contribution is 5.87. The summed E-state index contributed by atoms with van der Waals surface area (Å²) in [6.45, 7) is 5.05. The minimum Gasteiger partial charge on any atom is -0.465 e. The number of carbonyl (C=O) groups excluding carboxylic acids is 2. The second-order valence-electron chi connectivity index (χ2n) is 5.90. The summed E-state index contributed by atoms with van der Waals surface area (Å²) >= 11 is 0. The van der Waals surface area contributed by atoms with Crippen LogP contribution in [0.15, 0.2) is 47.3 Å². The summed E-state index contributed by atoms with van der Waals surface area (Å²) in [6.07, 6.45) is 2.43. The van der Waals surface area contributed by atoms with Crippen LogP contribution in [-0.4, -0.2) is 30.8 Å². The number of para-hydroxylation sites is 1. The molecule has 1 fully saturated rings. The highest BCUT2D eigenvalue weighted by atomic mass is 16.5. The maximum Gasteiger partial charge on any atom is 0.302 e. The zero-order chi connectivity index (χ0) is 16.9. The monoisotopic (exact) mass is 316 g/mol. The lowest BCUT2D eigenvalue weighted by Gasteiger charge is -2.27. The Balaban J connectivity index is 2.00. The molecule has 0 aromatic heterocycles. The van der Waals surface area contributed by atoms with Gasteiger partial charge in [0.15, 0.2) is 12.0 Å².